The average Bonchev–Trinajstić information content (AvgIpc) is 3.19. The van der Waals surface area contributed by atoms with E-state index in [1.807, 2.05) is 0 Å². The molecule has 0 rings (SSSR count). The fraction of sp³-hybridized carbons (Fsp3) is 0.756. The molecule has 0 saturated carbocycles. The number of carbonyl (C=O) groups is 3. The third-order valence-electron chi connectivity index (χ3n) is 9.33. The predicted molar refractivity (Wildman–Crippen MR) is 231 cm³/mol. The highest BCUT2D eigenvalue weighted by atomic mass is 31.2. The predicted octanol–water partition coefficient (Wildman–Crippen LogP) is 11.8. The Hall–Kier alpha value is -2.56. The van der Waals surface area contributed by atoms with Gasteiger partial charge >= 0.3 is 25.7 Å². The highest BCUT2D eigenvalue weighted by Crippen LogP contribution is 2.43. The largest absolute Gasteiger partial charge is 0.480 e. The number of hydrogen-bond donors (Lipinski definition) is 3. The molecule has 0 aliphatic carbocycles. The zero-order valence-electron chi connectivity index (χ0n) is 35.7. The molecule has 12 heteroatoms. The number of phosphoric acid groups is 1. The van der Waals surface area contributed by atoms with E-state index in [4.69, 9.17) is 24.8 Å². The molecule has 1 unspecified atom stereocenters. The Balaban J connectivity index is 4.42. The van der Waals surface area contributed by atoms with E-state index in [0.717, 1.165) is 57.8 Å². The van der Waals surface area contributed by atoms with Gasteiger partial charge in [-0.1, -0.05) is 165 Å². The molecular formula is C45H80NO10P. The van der Waals surface area contributed by atoms with E-state index < -0.39 is 51.1 Å². The first-order chi connectivity index (χ1) is 27.6. The van der Waals surface area contributed by atoms with Crippen molar-refractivity contribution < 1.29 is 47.5 Å². The van der Waals surface area contributed by atoms with Gasteiger partial charge in [-0.3, -0.25) is 23.4 Å². The van der Waals surface area contributed by atoms with E-state index in [2.05, 4.69) is 67.0 Å². The average molecular weight is 826 g/mol. The highest BCUT2D eigenvalue weighted by Gasteiger charge is 2.28. The van der Waals surface area contributed by atoms with Crippen molar-refractivity contribution in [3.8, 4) is 0 Å². The number of phosphoric ester groups is 1. The topological polar surface area (TPSA) is 172 Å². The highest BCUT2D eigenvalue weighted by molar-refractivity contribution is 7.47. The van der Waals surface area contributed by atoms with Crippen LogP contribution in [0.15, 0.2) is 48.6 Å². The zero-order chi connectivity index (χ0) is 42.1. The second kappa shape index (κ2) is 40.2. The van der Waals surface area contributed by atoms with Crippen LogP contribution in [-0.4, -0.2) is 59.9 Å². The molecule has 330 valence electrons. The number of nitrogens with two attached hydrogens (primary N) is 1. The molecule has 0 fully saturated rings. The number of carboxylic acids is 1. The molecule has 3 atom stereocenters. The zero-order valence-corrected chi connectivity index (χ0v) is 36.6. The summed E-state index contributed by atoms with van der Waals surface area (Å²) < 4.78 is 32.7. The first-order valence-corrected chi connectivity index (χ1v) is 23.7. The Kier molecular flexibility index (Phi) is 38.4. The van der Waals surface area contributed by atoms with Crippen LogP contribution in [0.2, 0.25) is 0 Å². The van der Waals surface area contributed by atoms with Gasteiger partial charge in [-0.05, 0) is 57.8 Å². The number of rotatable bonds is 41. The second-order valence-electron chi connectivity index (χ2n) is 14.8. The van der Waals surface area contributed by atoms with Crippen molar-refractivity contribution in [3.63, 3.8) is 0 Å². The molecule has 0 spiro atoms. The molecular weight excluding hydrogens is 745 g/mol. The lowest BCUT2D eigenvalue weighted by molar-refractivity contribution is -0.161. The van der Waals surface area contributed by atoms with Gasteiger partial charge in [0.15, 0.2) is 6.10 Å². The SMILES string of the molecule is CCCCC/C=C\C/C=C\C/C=C\C/C=C\CCCCCC(=O)O[C@H](COC(=O)CCCCCCCCCCCCCCCC)COP(=O)(O)OC[C@H](N)C(=O)O. The Morgan fingerprint density at radius 3 is 1.42 bits per heavy atom. The molecule has 0 amide bonds. The van der Waals surface area contributed by atoms with Crippen molar-refractivity contribution in [2.75, 3.05) is 19.8 Å². The van der Waals surface area contributed by atoms with Crippen molar-refractivity contribution >= 4 is 25.7 Å². The van der Waals surface area contributed by atoms with E-state index in [-0.39, 0.29) is 19.4 Å². The third-order valence-corrected chi connectivity index (χ3v) is 10.3. The minimum atomic E-state index is -4.72. The summed E-state index contributed by atoms with van der Waals surface area (Å²) in [7, 11) is -4.72. The van der Waals surface area contributed by atoms with Crippen LogP contribution in [0, 0.1) is 0 Å². The minimum Gasteiger partial charge on any atom is -0.480 e. The molecule has 57 heavy (non-hydrogen) atoms. The molecule has 0 radical (unpaired) electrons. The summed E-state index contributed by atoms with van der Waals surface area (Å²) in [5.74, 6) is -2.42. The molecule has 0 aromatic carbocycles. The summed E-state index contributed by atoms with van der Waals surface area (Å²) in [4.78, 5) is 46.0. The number of aliphatic carboxylic acids is 1. The van der Waals surface area contributed by atoms with Gasteiger partial charge in [0.25, 0.3) is 0 Å². The van der Waals surface area contributed by atoms with Crippen LogP contribution in [0.25, 0.3) is 0 Å². The monoisotopic (exact) mass is 826 g/mol. The van der Waals surface area contributed by atoms with Crippen molar-refractivity contribution in [2.24, 2.45) is 5.73 Å². The van der Waals surface area contributed by atoms with Gasteiger partial charge in [-0.25, -0.2) is 4.57 Å². The number of esters is 2. The fourth-order valence-corrected chi connectivity index (χ4v) is 6.59. The minimum absolute atomic E-state index is 0.124. The number of carbonyl (C=O) groups excluding carboxylic acids is 2. The third kappa shape index (κ3) is 40.0. The number of ether oxygens (including phenoxy) is 2. The Bertz CT molecular complexity index is 1150. The van der Waals surface area contributed by atoms with Crippen LogP contribution >= 0.6 is 7.82 Å². The lowest BCUT2D eigenvalue weighted by Crippen LogP contribution is -2.34. The Morgan fingerprint density at radius 1 is 0.544 bits per heavy atom. The van der Waals surface area contributed by atoms with Crippen LogP contribution in [-0.2, 0) is 37.5 Å². The molecule has 0 aliphatic rings. The van der Waals surface area contributed by atoms with Crippen molar-refractivity contribution in [2.45, 2.75) is 199 Å². The van der Waals surface area contributed by atoms with Crippen LogP contribution in [0.1, 0.15) is 187 Å². The van der Waals surface area contributed by atoms with Crippen molar-refractivity contribution in [3.05, 3.63) is 48.6 Å². The first-order valence-electron chi connectivity index (χ1n) is 22.2. The van der Waals surface area contributed by atoms with Gasteiger partial charge in [-0.15, -0.1) is 0 Å². The van der Waals surface area contributed by atoms with Gasteiger partial charge in [0.1, 0.15) is 12.6 Å². The maximum atomic E-state index is 12.6. The van der Waals surface area contributed by atoms with Gasteiger partial charge in [0, 0.05) is 12.8 Å². The van der Waals surface area contributed by atoms with Crippen LogP contribution in [0.3, 0.4) is 0 Å². The Morgan fingerprint density at radius 2 is 0.930 bits per heavy atom. The molecule has 0 heterocycles. The quantitative estimate of drug-likeness (QED) is 0.0232. The van der Waals surface area contributed by atoms with Crippen molar-refractivity contribution in [1.29, 1.82) is 0 Å². The summed E-state index contributed by atoms with van der Waals surface area (Å²) in [6.07, 6.45) is 44.6. The van der Waals surface area contributed by atoms with Crippen LogP contribution in [0.4, 0.5) is 0 Å². The smallest absolute Gasteiger partial charge is 0.472 e. The van der Waals surface area contributed by atoms with E-state index in [1.54, 1.807) is 0 Å². The molecule has 0 bridgehead atoms. The van der Waals surface area contributed by atoms with E-state index >= 15 is 0 Å². The van der Waals surface area contributed by atoms with Crippen LogP contribution < -0.4 is 5.73 Å². The summed E-state index contributed by atoms with van der Waals surface area (Å²) in [6, 6.07) is -1.53. The lowest BCUT2D eigenvalue weighted by Gasteiger charge is -2.20. The maximum absolute atomic E-state index is 12.6. The Labute approximate surface area is 345 Å². The molecule has 0 aliphatic heterocycles. The number of carboxylic acid groups (broad SMARTS) is 1. The summed E-state index contributed by atoms with van der Waals surface area (Å²) in [5, 5.41) is 8.89. The number of unbranched alkanes of at least 4 members (excludes halogenated alkanes) is 19. The molecule has 11 nitrogen and oxygen atoms in total. The standard InChI is InChI=1S/C45H80NO10P/c1-3-5-7-9-11-13-15-17-19-20-21-22-23-25-27-29-31-33-35-37-44(48)56-41(39-54-57(51,52)55-40-42(46)45(49)50)38-53-43(47)36-34-32-30-28-26-24-18-16-14-12-10-8-6-4-2/h11,13,17,19,21-22,25,27,41-42H,3-10,12,14-16,18,20,23-24,26,28-40,46H2,1-2H3,(H,49,50)(H,51,52)/b13-11-,19-17-,22-21-,27-25-/t41-,42+/m1/s1. The lowest BCUT2D eigenvalue weighted by atomic mass is 10.0. The van der Waals surface area contributed by atoms with E-state index in [1.165, 1.54) is 89.9 Å². The molecule has 0 aromatic heterocycles. The molecule has 4 N–H and O–H groups in total. The summed E-state index contributed by atoms with van der Waals surface area (Å²) in [6.45, 7) is 2.74. The van der Waals surface area contributed by atoms with Gasteiger partial charge in [-0.2, -0.15) is 0 Å². The van der Waals surface area contributed by atoms with E-state index in [0.29, 0.717) is 12.8 Å². The maximum Gasteiger partial charge on any atom is 0.472 e. The molecule has 0 saturated heterocycles. The fourth-order valence-electron chi connectivity index (χ4n) is 5.81. The van der Waals surface area contributed by atoms with Gasteiger partial charge in [0.05, 0.1) is 13.2 Å². The number of allylic oxidation sites excluding steroid dienone is 8. The number of hydrogen-bond acceptors (Lipinski definition) is 9. The van der Waals surface area contributed by atoms with Gasteiger partial charge < -0.3 is 25.2 Å². The van der Waals surface area contributed by atoms with Crippen molar-refractivity contribution in [1.82, 2.24) is 0 Å². The van der Waals surface area contributed by atoms with E-state index in [9.17, 15) is 23.8 Å². The molecule has 0 aromatic rings. The van der Waals surface area contributed by atoms with Crippen LogP contribution in [0.5, 0.6) is 0 Å². The summed E-state index contributed by atoms with van der Waals surface area (Å²) >= 11 is 0. The first kappa shape index (κ1) is 54.4. The van der Waals surface area contributed by atoms with Gasteiger partial charge in [0.2, 0.25) is 0 Å². The second-order valence-corrected chi connectivity index (χ2v) is 16.3. The normalized spacial score (nSPS) is 14.2. The summed E-state index contributed by atoms with van der Waals surface area (Å²) in [5.41, 5.74) is 5.33.